The largest absolute Gasteiger partial charge is 0.321 e. The number of anilines is 1. The van der Waals surface area contributed by atoms with Gasteiger partial charge in [-0.1, -0.05) is 12.1 Å². The van der Waals surface area contributed by atoms with Crippen molar-refractivity contribution in [2.75, 3.05) is 5.32 Å². The Balaban J connectivity index is 2.24. The van der Waals surface area contributed by atoms with Gasteiger partial charge in [-0.25, -0.2) is 0 Å². The topological polar surface area (TPSA) is 96.0 Å². The van der Waals surface area contributed by atoms with Gasteiger partial charge in [-0.05, 0) is 54.8 Å². The summed E-state index contributed by atoms with van der Waals surface area (Å²) in [6, 6.07) is 13.0. The zero-order valence-electron chi connectivity index (χ0n) is 13.2. The lowest BCUT2D eigenvalue weighted by molar-refractivity contribution is -0.384. The van der Waals surface area contributed by atoms with Crippen molar-refractivity contribution < 1.29 is 9.72 Å². The summed E-state index contributed by atoms with van der Waals surface area (Å²) in [6.45, 7) is 3.82. The maximum absolute atomic E-state index is 12.3. The van der Waals surface area contributed by atoms with Gasteiger partial charge in [0.1, 0.15) is 11.6 Å². The van der Waals surface area contributed by atoms with Gasteiger partial charge in [0.25, 0.3) is 11.6 Å². The Morgan fingerprint density at radius 1 is 1.21 bits per heavy atom. The first kappa shape index (κ1) is 16.9. The second kappa shape index (κ2) is 7.20. The first-order valence-corrected chi connectivity index (χ1v) is 7.16. The van der Waals surface area contributed by atoms with E-state index in [1.165, 1.54) is 30.3 Å². The van der Waals surface area contributed by atoms with Crippen LogP contribution in [0.1, 0.15) is 16.7 Å². The second-order valence-corrected chi connectivity index (χ2v) is 5.22. The molecule has 120 valence electrons. The molecule has 6 heteroatoms. The Morgan fingerprint density at radius 2 is 1.88 bits per heavy atom. The molecule has 0 bridgehead atoms. The molecule has 0 atom stereocenters. The third-order valence-corrected chi connectivity index (χ3v) is 3.63. The molecule has 0 aliphatic rings. The summed E-state index contributed by atoms with van der Waals surface area (Å²) in [6.07, 6.45) is 1.39. The van der Waals surface area contributed by atoms with E-state index in [4.69, 9.17) is 0 Å². The minimum atomic E-state index is -0.524. The van der Waals surface area contributed by atoms with Crippen molar-refractivity contribution in [3.05, 3.63) is 74.8 Å². The van der Waals surface area contributed by atoms with Gasteiger partial charge in [0, 0.05) is 17.8 Å². The number of carbonyl (C=O) groups excluding carboxylic acids is 1. The highest BCUT2D eigenvalue weighted by atomic mass is 16.6. The standard InChI is InChI=1S/C18H15N3O3/c1-12-4-3-5-17(13(12)2)20-18(22)15(11-19)10-14-6-8-16(9-7-14)21(23)24/h3-10H,1-2H3,(H,20,22)/b15-10+. The van der Waals surface area contributed by atoms with E-state index in [0.29, 0.717) is 11.3 Å². The fraction of sp³-hybridized carbons (Fsp3) is 0.111. The zero-order chi connectivity index (χ0) is 17.7. The van der Waals surface area contributed by atoms with Crippen LogP contribution in [-0.2, 0) is 4.79 Å². The minimum absolute atomic E-state index is 0.0505. The molecule has 0 radical (unpaired) electrons. The Bertz CT molecular complexity index is 862. The van der Waals surface area contributed by atoms with Gasteiger partial charge in [-0.3, -0.25) is 14.9 Å². The number of rotatable bonds is 4. The van der Waals surface area contributed by atoms with Crippen molar-refractivity contribution in [1.29, 1.82) is 5.26 Å². The molecule has 0 fully saturated rings. The first-order valence-electron chi connectivity index (χ1n) is 7.16. The van der Waals surface area contributed by atoms with Crippen LogP contribution in [0, 0.1) is 35.3 Å². The van der Waals surface area contributed by atoms with Gasteiger partial charge in [-0.15, -0.1) is 0 Å². The summed E-state index contributed by atoms with van der Waals surface area (Å²) in [4.78, 5) is 22.4. The van der Waals surface area contributed by atoms with Crippen molar-refractivity contribution in [1.82, 2.24) is 0 Å². The fourth-order valence-electron chi connectivity index (χ4n) is 2.08. The van der Waals surface area contributed by atoms with Crippen LogP contribution < -0.4 is 5.32 Å². The van der Waals surface area contributed by atoms with E-state index in [1.807, 2.05) is 32.0 Å². The number of hydrogen-bond donors (Lipinski definition) is 1. The SMILES string of the molecule is Cc1cccc(NC(=O)/C(C#N)=C/c2ccc([N+](=O)[O-])cc2)c1C. The molecule has 0 aliphatic heterocycles. The van der Waals surface area contributed by atoms with E-state index in [-0.39, 0.29) is 11.3 Å². The number of nitrogens with zero attached hydrogens (tertiary/aromatic N) is 2. The number of aryl methyl sites for hydroxylation is 1. The average molecular weight is 321 g/mol. The lowest BCUT2D eigenvalue weighted by Crippen LogP contribution is -2.14. The number of carbonyl (C=O) groups is 1. The fourth-order valence-corrected chi connectivity index (χ4v) is 2.08. The van der Waals surface area contributed by atoms with Crippen molar-refractivity contribution >= 4 is 23.4 Å². The lowest BCUT2D eigenvalue weighted by atomic mass is 10.1. The predicted octanol–water partition coefficient (Wildman–Crippen LogP) is 3.76. The molecule has 24 heavy (non-hydrogen) atoms. The van der Waals surface area contributed by atoms with Gasteiger partial charge < -0.3 is 5.32 Å². The summed E-state index contributed by atoms with van der Waals surface area (Å²) < 4.78 is 0. The minimum Gasteiger partial charge on any atom is -0.321 e. The average Bonchev–Trinajstić information content (AvgIpc) is 2.57. The summed E-state index contributed by atoms with van der Waals surface area (Å²) in [5.41, 5.74) is 3.01. The Labute approximate surface area is 139 Å². The number of nitriles is 1. The van der Waals surface area contributed by atoms with E-state index < -0.39 is 10.8 Å². The van der Waals surface area contributed by atoms with Crippen LogP contribution in [0.25, 0.3) is 6.08 Å². The van der Waals surface area contributed by atoms with Gasteiger partial charge in [0.15, 0.2) is 0 Å². The first-order chi connectivity index (χ1) is 11.4. The van der Waals surface area contributed by atoms with Crippen LogP contribution in [0.15, 0.2) is 48.0 Å². The molecule has 0 saturated carbocycles. The van der Waals surface area contributed by atoms with E-state index in [1.54, 1.807) is 6.07 Å². The van der Waals surface area contributed by atoms with Gasteiger partial charge in [-0.2, -0.15) is 5.26 Å². The molecule has 6 nitrogen and oxygen atoms in total. The number of nitro benzene ring substituents is 1. The highest BCUT2D eigenvalue weighted by Gasteiger charge is 2.12. The molecule has 0 spiro atoms. The Kier molecular flexibility index (Phi) is 5.07. The van der Waals surface area contributed by atoms with Gasteiger partial charge in [0.2, 0.25) is 0 Å². The van der Waals surface area contributed by atoms with Crippen LogP contribution in [0.5, 0.6) is 0 Å². The Hall–Kier alpha value is -3.46. The number of benzene rings is 2. The summed E-state index contributed by atoms with van der Waals surface area (Å²) in [5.74, 6) is -0.524. The molecule has 2 aromatic rings. The molecule has 1 amide bonds. The molecule has 2 aromatic carbocycles. The van der Waals surface area contributed by atoms with Crippen molar-refractivity contribution in [3.63, 3.8) is 0 Å². The molecular formula is C18H15N3O3. The highest BCUT2D eigenvalue weighted by Crippen LogP contribution is 2.19. The van der Waals surface area contributed by atoms with Gasteiger partial charge in [0.05, 0.1) is 4.92 Å². The molecule has 1 N–H and O–H groups in total. The normalized spacial score (nSPS) is 10.8. The quantitative estimate of drug-likeness (QED) is 0.401. The smallest absolute Gasteiger partial charge is 0.269 e. The van der Waals surface area contributed by atoms with Gasteiger partial charge >= 0.3 is 0 Å². The molecular weight excluding hydrogens is 306 g/mol. The predicted molar refractivity (Wildman–Crippen MR) is 91.2 cm³/mol. The molecule has 0 heterocycles. The number of nitro groups is 1. The number of amides is 1. The molecule has 2 rings (SSSR count). The van der Waals surface area contributed by atoms with Crippen LogP contribution in [-0.4, -0.2) is 10.8 Å². The third-order valence-electron chi connectivity index (χ3n) is 3.63. The van der Waals surface area contributed by atoms with E-state index in [0.717, 1.165) is 11.1 Å². The van der Waals surface area contributed by atoms with Crippen molar-refractivity contribution in [3.8, 4) is 6.07 Å². The Morgan fingerprint density at radius 3 is 2.46 bits per heavy atom. The number of hydrogen-bond acceptors (Lipinski definition) is 4. The summed E-state index contributed by atoms with van der Waals surface area (Å²) >= 11 is 0. The van der Waals surface area contributed by atoms with Crippen molar-refractivity contribution in [2.45, 2.75) is 13.8 Å². The number of nitrogens with one attached hydrogen (secondary N) is 1. The highest BCUT2D eigenvalue weighted by molar-refractivity contribution is 6.10. The molecule has 0 saturated heterocycles. The second-order valence-electron chi connectivity index (χ2n) is 5.22. The molecule has 0 aromatic heterocycles. The van der Waals surface area contributed by atoms with Crippen LogP contribution in [0.3, 0.4) is 0 Å². The zero-order valence-corrected chi connectivity index (χ0v) is 13.2. The monoisotopic (exact) mass is 321 g/mol. The van der Waals surface area contributed by atoms with Crippen LogP contribution in [0.4, 0.5) is 11.4 Å². The van der Waals surface area contributed by atoms with E-state index in [2.05, 4.69) is 5.32 Å². The van der Waals surface area contributed by atoms with Crippen molar-refractivity contribution in [2.24, 2.45) is 0 Å². The molecule has 0 unspecified atom stereocenters. The van der Waals surface area contributed by atoms with E-state index in [9.17, 15) is 20.2 Å². The third kappa shape index (κ3) is 3.84. The molecule has 0 aliphatic carbocycles. The summed E-state index contributed by atoms with van der Waals surface area (Å²) in [5, 5.41) is 22.6. The maximum atomic E-state index is 12.3. The number of non-ortho nitro benzene ring substituents is 1. The van der Waals surface area contributed by atoms with Crippen LogP contribution >= 0.6 is 0 Å². The maximum Gasteiger partial charge on any atom is 0.269 e. The van der Waals surface area contributed by atoms with E-state index >= 15 is 0 Å². The van der Waals surface area contributed by atoms with Crippen LogP contribution in [0.2, 0.25) is 0 Å². The summed E-state index contributed by atoms with van der Waals surface area (Å²) in [7, 11) is 0. The lowest BCUT2D eigenvalue weighted by Gasteiger charge is -2.09.